The first-order valence-corrected chi connectivity index (χ1v) is 8.23. The molecule has 1 aliphatic heterocycles. The Labute approximate surface area is 109 Å². The standard InChI is InChI=1S/C13H20N2O2S/c1-18(16,17)13-7-3-2-6-12(13)15-10-8-11-5-4-9-14-11/h2-3,6-7,11,14-15H,4-5,8-10H2,1H3/t11-/m0/s1. The predicted octanol–water partition coefficient (Wildman–Crippen LogP) is 1.64. The van der Waals surface area contributed by atoms with Gasteiger partial charge in [-0.15, -0.1) is 0 Å². The van der Waals surface area contributed by atoms with Gasteiger partial charge in [0.15, 0.2) is 9.84 Å². The molecular formula is C13H20N2O2S. The second-order valence-corrected chi connectivity index (χ2v) is 6.76. The van der Waals surface area contributed by atoms with Crippen molar-refractivity contribution in [2.75, 3.05) is 24.7 Å². The van der Waals surface area contributed by atoms with E-state index in [2.05, 4.69) is 10.6 Å². The largest absolute Gasteiger partial charge is 0.384 e. The Morgan fingerprint density at radius 3 is 2.83 bits per heavy atom. The molecule has 0 saturated carbocycles. The van der Waals surface area contributed by atoms with E-state index in [1.54, 1.807) is 12.1 Å². The van der Waals surface area contributed by atoms with Crippen molar-refractivity contribution in [1.29, 1.82) is 0 Å². The topological polar surface area (TPSA) is 58.2 Å². The Kier molecular flexibility index (Phi) is 4.24. The minimum absolute atomic E-state index is 0.379. The van der Waals surface area contributed by atoms with Crippen molar-refractivity contribution in [1.82, 2.24) is 5.32 Å². The molecule has 0 spiro atoms. The molecule has 2 rings (SSSR count). The number of hydrogen-bond donors (Lipinski definition) is 2. The molecule has 1 aliphatic rings. The summed E-state index contributed by atoms with van der Waals surface area (Å²) in [4.78, 5) is 0.379. The molecule has 1 heterocycles. The van der Waals surface area contributed by atoms with Crippen LogP contribution in [0.4, 0.5) is 5.69 Å². The summed E-state index contributed by atoms with van der Waals surface area (Å²) in [6.07, 6.45) is 4.73. The van der Waals surface area contributed by atoms with E-state index in [0.29, 0.717) is 16.6 Å². The fourth-order valence-electron chi connectivity index (χ4n) is 2.32. The van der Waals surface area contributed by atoms with E-state index < -0.39 is 9.84 Å². The molecule has 1 saturated heterocycles. The first kappa shape index (κ1) is 13.4. The van der Waals surface area contributed by atoms with Crippen LogP contribution in [0.1, 0.15) is 19.3 Å². The third-order valence-electron chi connectivity index (χ3n) is 3.26. The normalized spacial score (nSPS) is 19.9. The first-order valence-electron chi connectivity index (χ1n) is 6.34. The van der Waals surface area contributed by atoms with E-state index in [4.69, 9.17) is 0 Å². The fourth-order valence-corrected chi connectivity index (χ4v) is 3.19. The quantitative estimate of drug-likeness (QED) is 0.852. The van der Waals surface area contributed by atoms with Crippen molar-refractivity contribution >= 4 is 15.5 Å². The van der Waals surface area contributed by atoms with Crippen molar-refractivity contribution in [2.24, 2.45) is 0 Å². The molecule has 2 N–H and O–H groups in total. The molecule has 1 aromatic carbocycles. The first-order chi connectivity index (χ1) is 8.57. The molecule has 0 radical (unpaired) electrons. The summed E-state index contributed by atoms with van der Waals surface area (Å²) < 4.78 is 23.2. The maximum atomic E-state index is 11.6. The molecule has 0 amide bonds. The predicted molar refractivity (Wildman–Crippen MR) is 73.7 cm³/mol. The third kappa shape index (κ3) is 3.46. The van der Waals surface area contributed by atoms with Crippen molar-refractivity contribution < 1.29 is 8.42 Å². The lowest BCUT2D eigenvalue weighted by Gasteiger charge is -2.13. The Morgan fingerprint density at radius 2 is 2.17 bits per heavy atom. The van der Waals surface area contributed by atoms with Crippen LogP contribution in [0.2, 0.25) is 0 Å². The van der Waals surface area contributed by atoms with Crippen LogP contribution in [0.25, 0.3) is 0 Å². The number of anilines is 1. The van der Waals surface area contributed by atoms with Crippen LogP contribution in [0.15, 0.2) is 29.2 Å². The summed E-state index contributed by atoms with van der Waals surface area (Å²) in [5, 5.41) is 6.66. The van der Waals surface area contributed by atoms with Gasteiger partial charge in [-0.05, 0) is 37.9 Å². The molecule has 1 atom stereocenters. The van der Waals surface area contributed by atoms with Gasteiger partial charge < -0.3 is 10.6 Å². The second kappa shape index (κ2) is 5.71. The van der Waals surface area contributed by atoms with Gasteiger partial charge in [0.1, 0.15) is 0 Å². The van der Waals surface area contributed by atoms with Gasteiger partial charge in [0.05, 0.1) is 10.6 Å². The highest BCUT2D eigenvalue weighted by Gasteiger charge is 2.15. The summed E-state index contributed by atoms with van der Waals surface area (Å²) in [5.74, 6) is 0. The van der Waals surface area contributed by atoms with Crippen LogP contribution in [0, 0.1) is 0 Å². The zero-order chi connectivity index (χ0) is 13.0. The van der Waals surface area contributed by atoms with E-state index >= 15 is 0 Å². The van der Waals surface area contributed by atoms with Gasteiger partial charge in [-0.3, -0.25) is 0 Å². The number of nitrogens with one attached hydrogen (secondary N) is 2. The maximum Gasteiger partial charge on any atom is 0.177 e. The SMILES string of the molecule is CS(=O)(=O)c1ccccc1NCC[C@@H]1CCCN1. The highest BCUT2D eigenvalue weighted by Crippen LogP contribution is 2.20. The maximum absolute atomic E-state index is 11.6. The van der Waals surface area contributed by atoms with E-state index in [1.165, 1.54) is 19.1 Å². The van der Waals surface area contributed by atoms with Crippen LogP contribution >= 0.6 is 0 Å². The van der Waals surface area contributed by atoms with E-state index in [9.17, 15) is 8.42 Å². The molecule has 0 unspecified atom stereocenters. The van der Waals surface area contributed by atoms with Gasteiger partial charge >= 0.3 is 0 Å². The zero-order valence-electron chi connectivity index (χ0n) is 10.6. The van der Waals surface area contributed by atoms with Crippen molar-refractivity contribution in [3.05, 3.63) is 24.3 Å². The minimum atomic E-state index is -3.16. The number of rotatable bonds is 5. The molecule has 1 fully saturated rings. The Balaban J connectivity index is 1.96. The Morgan fingerprint density at radius 1 is 1.39 bits per heavy atom. The molecule has 100 valence electrons. The van der Waals surface area contributed by atoms with Gasteiger partial charge in [-0.1, -0.05) is 12.1 Å². The van der Waals surface area contributed by atoms with Gasteiger partial charge in [0, 0.05) is 18.8 Å². The summed E-state index contributed by atoms with van der Waals surface area (Å²) in [6, 6.07) is 7.64. The Bertz CT molecular complexity index is 493. The average Bonchev–Trinajstić information content (AvgIpc) is 2.81. The van der Waals surface area contributed by atoms with Crippen LogP contribution in [0.5, 0.6) is 0 Å². The summed E-state index contributed by atoms with van der Waals surface area (Å²) in [6.45, 7) is 1.90. The smallest absolute Gasteiger partial charge is 0.177 e. The van der Waals surface area contributed by atoms with E-state index in [-0.39, 0.29) is 0 Å². The molecule has 0 aromatic heterocycles. The van der Waals surface area contributed by atoms with Gasteiger partial charge in [0.2, 0.25) is 0 Å². The molecule has 5 heteroatoms. The monoisotopic (exact) mass is 268 g/mol. The van der Waals surface area contributed by atoms with Gasteiger partial charge in [-0.25, -0.2) is 8.42 Å². The minimum Gasteiger partial charge on any atom is -0.384 e. The molecule has 0 bridgehead atoms. The molecule has 18 heavy (non-hydrogen) atoms. The highest BCUT2D eigenvalue weighted by atomic mass is 32.2. The number of para-hydroxylation sites is 1. The third-order valence-corrected chi connectivity index (χ3v) is 4.41. The molecule has 0 aliphatic carbocycles. The van der Waals surface area contributed by atoms with Crippen LogP contribution in [-0.2, 0) is 9.84 Å². The molecular weight excluding hydrogens is 248 g/mol. The van der Waals surface area contributed by atoms with Crippen LogP contribution in [0.3, 0.4) is 0 Å². The molecule has 4 nitrogen and oxygen atoms in total. The van der Waals surface area contributed by atoms with E-state index in [1.807, 2.05) is 12.1 Å². The van der Waals surface area contributed by atoms with Crippen molar-refractivity contribution in [3.8, 4) is 0 Å². The van der Waals surface area contributed by atoms with Gasteiger partial charge in [0.25, 0.3) is 0 Å². The van der Waals surface area contributed by atoms with Gasteiger partial charge in [-0.2, -0.15) is 0 Å². The lowest BCUT2D eigenvalue weighted by atomic mass is 10.1. The van der Waals surface area contributed by atoms with Crippen molar-refractivity contribution in [3.63, 3.8) is 0 Å². The zero-order valence-corrected chi connectivity index (χ0v) is 11.5. The van der Waals surface area contributed by atoms with Crippen LogP contribution in [-0.4, -0.2) is 33.8 Å². The average molecular weight is 268 g/mol. The fraction of sp³-hybridized carbons (Fsp3) is 0.538. The second-order valence-electron chi connectivity index (χ2n) is 4.78. The van der Waals surface area contributed by atoms with Crippen molar-refractivity contribution in [2.45, 2.75) is 30.2 Å². The Hall–Kier alpha value is -1.07. The number of benzene rings is 1. The molecule has 1 aromatic rings. The summed E-state index contributed by atoms with van der Waals surface area (Å²) in [5.41, 5.74) is 0.706. The highest BCUT2D eigenvalue weighted by molar-refractivity contribution is 7.90. The number of sulfone groups is 1. The lowest BCUT2D eigenvalue weighted by Crippen LogP contribution is -2.24. The van der Waals surface area contributed by atoms with Crippen LogP contribution < -0.4 is 10.6 Å². The summed E-state index contributed by atoms with van der Waals surface area (Å²) >= 11 is 0. The summed E-state index contributed by atoms with van der Waals surface area (Å²) in [7, 11) is -3.16. The number of hydrogen-bond acceptors (Lipinski definition) is 4. The lowest BCUT2D eigenvalue weighted by molar-refractivity contribution is 0.574. The van der Waals surface area contributed by atoms with E-state index in [0.717, 1.165) is 19.5 Å².